The minimum Gasteiger partial charge on any atom is -0.489 e. The van der Waals surface area contributed by atoms with Crippen LogP contribution in [0.15, 0.2) is 48.5 Å². The van der Waals surface area contributed by atoms with Gasteiger partial charge in [0.15, 0.2) is 0 Å². The molecule has 2 aromatic rings. The first-order valence-corrected chi connectivity index (χ1v) is 7.74. The van der Waals surface area contributed by atoms with Crippen molar-refractivity contribution in [1.82, 2.24) is 5.32 Å². The summed E-state index contributed by atoms with van der Waals surface area (Å²) in [7, 11) is 0. The zero-order valence-corrected chi connectivity index (χ0v) is 13.4. The molecule has 21 heavy (non-hydrogen) atoms. The molecule has 0 spiro atoms. The van der Waals surface area contributed by atoms with E-state index in [4.69, 9.17) is 16.3 Å². The fraction of sp³-hybridized carbons (Fsp3) is 0.333. The van der Waals surface area contributed by atoms with Crippen LogP contribution in [0.1, 0.15) is 31.4 Å². The molecule has 0 aliphatic heterocycles. The molecule has 0 fully saturated rings. The number of halogens is 1. The molecule has 112 valence electrons. The van der Waals surface area contributed by atoms with E-state index in [1.54, 1.807) is 0 Å². The highest BCUT2D eigenvalue weighted by Crippen LogP contribution is 2.16. The van der Waals surface area contributed by atoms with Gasteiger partial charge in [0.2, 0.25) is 0 Å². The molecule has 2 nitrogen and oxygen atoms in total. The van der Waals surface area contributed by atoms with Crippen LogP contribution in [0.25, 0.3) is 0 Å². The average molecular weight is 304 g/mol. The largest absolute Gasteiger partial charge is 0.489 e. The van der Waals surface area contributed by atoms with E-state index in [1.165, 1.54) is 5.56 Å². The van der Waals surface area contributed by atoms with Gasteiger partial charge in [0.05, 0.1) is 0 Å². The molecule has 1 atom stereocenters. The van der Waals surface area contributed by atoms with E-state index in [0.717, 1.165) is 29.3 Å². The molecule has 0 aliphatic carbocycles. The highest BCUT2D eigenvalue weighted by atomic mass is 35.5. The quantitative estimate of drug-likeness (QED) is 0.793. The van der Waals surface area contributed by atoms with E-state index < -0.39 is 0 Å². The molecule has 0 saturated carbocycles. The molecule has 2 rings (SSSR count). The zero-order valence-electron chi connectivity index (χ0n) is 12.6. The Balaban J connectivity index is 1.90. The molecule has 3 heteroatoms. The Labute approximate surface area is 132 Å². The third-order valence-corrected chi connectivity index (χ3v) is 3.74. The second kappa shape index (κ2) is 8.06. The molecule has 0 saturated heterocycles. The van der Waals surface area contributed by atoms with Crippen LogP contribution in [0.5, 0.6) is 5.75 Å². The second-order valence-electron chi connectivity index (χ2n) is 5.25. The summed E-state index contributed by atoms with van der Waals surface area (Å²) in [5.41, 5.74) is 2.35. The maximum atomic E-state index is 5.87. The SMILES string of the molecule is CC[C@H](C)NCc1cccc(OCc2ccc(Cl)cc2)c1. The van der Waals surface area contributed by atoms with Crippen molar-refractivity contribution < 1.29 is 4.74 Å². The van der Waals surface area contributed by atoms with E-state index in [0.29, 0.717) is 12.6 Å². The van der Waals surface area contributed by atoms with Gasteiger partial charge < -0.3 is 10.1 Å². The Hall–Kier alpha value is -1.51. The summed E-state index contributed by atoms with van der Waals surface area (Å²) in [6.07, 6.45) is 1.13. The van der Waals surface area contributed by atoms with Crippen molar-refractivity contribution in [3.8, 4) is 5.75 Å². The summed E-state index contributed by atoms with van der Waals surface area (Å²) in [6.45, 7) is 5.80. The van der Waals surface area contributed by atoms with Gasteiger partial charge in [0.1, 0.15) is 12.4 Å². The summed E-state index contributed by atoms with van der Waals surface area (Å²) in [5, 5.41) is 4.23. The summed E-state index contributed by atoms with van der Waals surface area (Å²) < 4.78 is 5.83. The van der Waals surface area contributed by atoms with Crippen molar-refractivity contribution in [3.05, 3.63) is 64.7 Å². The van der Waals surface area contributed by atoms with Crippen LogP contribution in [0, 0.1) is 0 Å². The van der Waals surface area contributed by atoms with Gasteiger partial charge in [0.25, 0.3) is 0 Å². The Morgan fingerprint density at radius 1 is 1.10 bits per heavy atom. The molecule has 0 aromatic heterocycles. The standard InChI is InChI=1S/C18H22ClNO/c1-3-14(2)20-12-16-5-4-6-18(11-16)21-13-15-7-9-17(19)10-8-15/h4-11,14,20H,3,12-13H2,1-2H3/t14-/m0/s1. The molecule has 0 unspecified atom stereocenters. The van der Waals surface area contributed by atoms with E-state index in [9.17, 15) is 0 Å². The molecule has 0 aliphatic rings. The maximum Gasteiger partial charge on any atom is 0.120 e. The van der Waals surface area contributed by atoms with Gasteiger partial charge in [-0.25, -0.2) is 0 Å². The van der Waals surface area contributed by atoms with Crippen molar-refractivity contribution in [2.45, 2.75) is 39.5 Å². The number of hydrogen-bond donors (Lipinski definition) is 1. The summed E-state index contributed by atoms with van der Waals surface area (Å²) >= 11 is 5.87. The van der Waals surface area contributed by atoms with Gasteiger partial charge in [-0.1, -0.05) is 42.8 Å². The average Bonchev–Trinajstić information content (AvgIpc) is 2.52. The van der Waals surface area contributed by atoms with Crippen LogP contribution in [-0.2, 0) is 13.2 Å². The van der Waals surface area contributed by atoms with Gasteiger partial charge in [-0.3, -0.25) is 0 Å². The van der Waals surface area contributed by atoms with E-state index in [2.05, 4.69) is 31.3 Å². The van der Waals surface area contributed by atoms with Crippen molar-refractivity contribution in [1.29, 1.82) is 0 Å². The number of nitrogens with one attached hydrogen (secondary N) is 1. The second-order valence-corrected chi connectivity index (χ2v) is 5.69. The van der Waals surface area contributed by atoms with Crippen molar-refractivity contribution in [2.75, 3.05) is 0 Å². The van der Waals surface area contributed by atoms with Crippen LogP contribution in [0.4, 0.5) is 0 Å². The molecule has 2 aromatic carbocycles. The summed E-state index contributed by atoms with van der Waals surface area (Å²) in [4.78, 5) is 0. The first kappa shape index (κ1) is 15.9. The van der Waals surface area contributed by atoms with Crippen molar-refractivity contribution in [2.24, 2.45) is 0 Å². The lowest BCUT2D eigenvalue weighted by Crippen LogP contribution is -2.24. The van der Waals surface area contributed by atoms with Gasteiger partial charge >= 0.3 is 0 Å². The molecular weight excluding hydrogens is 282 g/mol. The minimum absolute atomic E-state index is 0.531. The smallest absolute Gasteiger partial charge is 0.120 e. The first-order valence-electron chi connectivity index (χ1n) is 7.37. The van der Waals surface area contributed by atoms with E-state index in [-0.39, 0.29) is 0 Å². The van der Waals surface area contributed by atoms with Crippen molar-refractivity contribution in [3.63, 3.8) is 0 Å². The van der Waals surface area contributed by atoms with Crippen LogP contribution >= 0.6 is 11.6 Å². The van der Waals surface area contributed by atoms with Gasteiger partial charge in [-0.15, -0.1) is 0 Å². The van der Waals surface area contributed by atoms with Gasteiger partial charge in [0, 0.05) is 17.6 Å². The van der Waals surface area contributed by atoms with Crippen LogP contribution in [-0.4, -0.2) is 6.04 Å². The predicted molar refractivity (Wildman–Crippen MR) is 88.8 cm³/mol. The van der Waals surface area contributed by atoms with Gasteiger partial charge in [-0.05, 0) is 48.7 Å². The van der Waals surface area contributed by atoms with E-state index in [1.807, 2.05) is 36.4 Å². The summed E-state index contributed by atoms with van der Waals surface area (Å²) in [6, 6.07) is 16.5. The molecule has 0 bridgehead atoms. The normalized spacial score (nSPS) is 12.1. The molecule has 0 heterocycles. The lowest BCUT2D eigenvalue weighted by atomic mass is 10.2. The van der Waals surface area contributed by atoms with Gasteiger partial charge in [-0.2, -0.15) is 0 Å². The lowest BCUT2D eigenvalue weighted by molar-refractivity contribution is 0.306. The maximum absolute atomic E-state index is 5.87. The van der Waals surface area contributed by atoms with Crippen LogP contribution in [0.2, 0.25) is 5.02 Å². The third kappa shape index (κ3) is 5.41. The molecule has 0 amide bonds. The fourth-order valence-electron chi connectivity index (χ4n) is 1.93. The Kier molecular flexibility index (Phi) is 6.09. The fourth-order valence-corrected chi connectivity index (χ4v) is 2.05. The Morgan fingerprint density at radius 2 is 1.86 bits per heavy atom. The third-order valence-electron chi connectivity index (χ3n) is 3.48. The summed E-state index contributed by atoms with van der Waals surface area (Å²) in [5.74, 6) is 0.897. The highest BCUT2D eigenvalue weighted by Gasteiger charge is 2.01. The van der Waals surface area contributed by atoms with Crippen LogP contribution < -0.4 is 10.1 Å². The zero-order chi connectivity index (χ0) is 15.1. The monoisotopic (exact) mass is 303 g/mol. The number of rotatable bonds is 7. The predicted octanol–water partition coefficient (Wildman–Crippen LogP) is 4.81. The Morgan fingerprint density at radius 3 is 2.57 bits per heavy atom. The lowest BCUT2D eigenvalue weighted by Gasteiger charge is -2.12. The number of ether oxygens (including phenoxy) is 1. The topological polar surface area (TPSA) is 21.3 Å². The number of hydrogen-bond acceptors (Lipinski definition) is 2. The molecular formula is C18H22ClNO. The Bertz CT molecular complexity index is 553. The first-order chi connectivity index (χ1) is 10.2. The highest BCUT2D eigenvalue weighted by molar-refractivity contribution is 6.30. The molecule has 1 N–H and O–H groups in total. The number of benzene rings is 2. The van der Waals surface area contributed by atoms with E-state index >= 15 is 0 Å². The van der Waals surface area contributed by atoms with Crippen molar-refractivity contribution >= 4 is 11.6 Å². The molecule has 0 radical (unpaired) electrons. The minimum atomic E-state index is 0.531. The van der Waals surface area contributed by atoms with Crippen LogP contribution in [0.3, 0.4) is 0 Å².